The van der Waals surface area contributed by atoms with Crippen molar-refractivity contribution in [3.63, 3.8) is 0 Å². The number of aromatic hydroxyl groups is 3. The van der Waals surface area contributed by atoms with Crippen molar-refractivity contribution in [1.82, 2.24) is 16.0 Å². The molecule has 0 fully saturated rings. The highest BCUT2D eigenvalue weighted by Gasteiger charge is 2.33. The molecular formula is C33H40N4O8. The molecule has 45 heavy (non-hydrogen) atoms. The SMILES string of the molecule is CCC(C)C(NC(=O)C(N)Cc1ccc(O)cc1)C(=O)NC(Cc1ccc(O)cc1)C(=O)NC(Cc1ccc(O)cc1)C(=O)O. The second-order valence-electron chi connectivity index (χ2n) is 11.1. The van der Waals surface area contributed by atoms with Crippen molar-refractivity contribution < 1.29 is 39.6 Å². The Hall–Kier alpha value is -5.10. The van der Waals surface area contributed by atoms with Crippen LogP contribution in [0.3, 0.4) is 0 Å². The number of carbonyl (C=O) groups excluding carboxylic acids is 3. The molecule has 0 aliphatic carbocycles. The van der Waals surface area contributed by atoms with E-state index in [-0.39, 0.29) is 42.4 Å². The van der Waals surface area contributed by atoms with Gasteiger partial charge in [0.1, 0.15) is 35.4 Å². The van der Waals surface area contributed by atoms with Gasteiger partial charge in [0, 0.05) is 12.8 Å². The van der Waals surface area contributed by atoms with Gasteiger partial charge < -0.3 is 42.1 Å². The summed E-state index contributed by atoms with van der Waals surface area (Å²) in [4.78, 5) is 52.3. The zero-order valence-corrected chi connectivity index (χ0v) is 25.1. The first-order valence-corrected chi connectivity index (χ1v) is 14.6. The van der Waals surface area contributed by atoms with Gasteiger partial charge >= 0.3 is 5.97 Å². The molecule has 3 aromatic carbocycles. The first kappa shape index (κ1) is 34.4. The molecule has 0 bridgehead atoms. The van der Waals surface area contributed by atoms with Crippen LogP contribution in [0.1, 0.15) is 37.0 Å². The third-order valence-electron chi connectivity index (χ3n) is 7.52. The molecule has 9 N–H and O–H groups in total. The maximum absolute atomic E-state index is 13.6. The number of nitrogens with one attached hydrogen (secondary N) is 3. The molecule has 12 nitrogen and oxygen atoms in total. The predicted octanol–water partition coefficient (Wildman–Crippen LogP) is 1.74. The van der Waals surface area contributed by atoms with E-state index in [1.807, 2.05) is 6.92 Å². The monoisotopic (exact) mass is 620 g/mol. The Morgan fingerprint density at radius 2 is 1.02 bits per heavy atom. The van der Waals surface area contributed by atoms with E-state index in [2.05, 4.69) is 16.0 Å². The van der Waals surface area contributed by atoms with E-state index in [4.69, 9.17) is 5.73 Å². The highest BCUT2D eigenvalue weighted by atomic mass is 16.4. The molecule has 0 aliphatic rings. The van der Waals surface area contributed by atoms with Gasteiger partial charge in [0.05, 0.1) is 6.04 Å². The van der Waals surface area contributed by atoms with E-state index in [9.17, 15) is 39.6 Å². The van der Waals surface area contributed by atoms with Crippen LogP contribution in [0.2, 0.25) is 0 Å². The summed E-state index contributed by atoms with van der Waals surface area (Å²) < 4.78 is 0. The number of carboxylic acids is 1. The molecule has 3 aromatic rings. The van der Waals surface area contributed by atoms with Gasteiger partial charge in [0.25, 0.3) is 0 Å². The van der Waals surface area contributed by atoms with Gasteiger partial charge in [-0.05, 0) is 65.4 Å². The van der Waals surface area contributed by atoms with Gasteiger partial charge in [-0.15, -0.1) is 0 Å². The summed E-state index contributed by atoms with van der Waals surface area (Å²) in [6.45, 7) is 3.61. The zero-order valence-electron chi connectivity index (χ0n) is 25.1. The van der Waals surface area contributed by atoms with Crippen molar-refractivity contribution in [3.8, 4) is 17.2 Å². The van der Waals surface area contributed by atoms with Crippen LogP contribution in [0.25, 0.3) is 0 Å². The smallest absolute Gasteiger partial charge is 0.326 e. The molecule has 0 saturated carbocycles. The van der Waals surface area contributed by atoms with Gasteiger partial charge in [0.15, 0.2) is 0 Å². The minimum atomic E-state index is -1.34. The van der Waals surface area contributed by atoms with Crippen LogP contribution in [0.5, 0.6) is 17.2 Å². The summed E-state index contributed by atoms with van der Waals surface area (Å²) in [6.07, 6.45) is 0.551. The second-order valence-corrected chi connectivity index (χ2v) is 11.1. The fourth-order valence-corrected chi connectivity index (χ4v) is 4.62. The third kappa shape index (κ3) is 10.5. The average Bonchev–Trinajstić information content (AvgIpc) is 3.01. The van der Waals surface area contributed by atoms with Crippen molar-refractivity contribution in [2.75, 3.05) is 0 Å². The molecule has 3 amide bonds. The van der Waals surface area contributed by atoms with Gasteiger partial charge in [-0.2, -0.15) is 0 Å². The summed E-state index contributed by atoms with van der Waals surface area (Å²) in [6, 6.07) is 13.5. The number of phenols is 3. The summed E-state index contributed by atoms with van der Waals surface area (Å²) in [5.41, 5.74) is 7.99. The van der Waals surface area contributed by atoms with Crippen molar-refractivity contribution in [1.29, 1.82) is 0 Å². The molecule has 0 aliphatic heterocycles. The predicted molar refractivity (Wildman–Crippen MR) is 166 cm³/mol. The Kier molecular flexibility index (Phi) is 12.3. The number of hydrogen-bond donors (Lipinski definition) is 8. The Bertz CT molecular complexity index is 1450. The number of carboxylic acid groups (broad SMARTS) is 1. The topological polar surface area (TPSA) is 211 Å². The Labute approximate surface area is 261 Å². The number of amides is 3. The normalized spacial score (nSPS) is 14.3. The van der Waals surface area contributed by atoms with E-state index in [1.54, 1.807) is 43.3 Å². The fourth-order valence-electron chi connectivity index (χ4n) is 4.62. The minimum Gasteiger partial charge on any atom is -0.508 e. The minimum absolute atomic E-state index is 0.00631. The molecule has 5 atom stereocenters. The summed E-state index contributed by atoms with van der Waals surface area (Å²) in [5.74, 6) is -3.55. The van der Waals surface area contributed by atoms with Crippen molar-refractivity contribution in [2.45, 2.75) is 63.7 Å². The molecule has 12 heteroatoms. The largest absolute Gasteiger partial charge is 0.508 e. The molecule has 5 unspecified atom stereocenters. The lowest BCUT2D eigenvalue weighted by molar-refractivity contribution is -0.142. The van der Waals surface area contributed by atoms with Crippen molar-refractivity contribution in [2.24, 2.45) is 11.7 Å². The first-order valence-electron chi connectivity index (χ1n) is 14.6. The van der Waals surface area contributed by atoms with Crippen LogP contribution in [-0.2, 0) is 38.4 Å². The molecule has 0 heterocycles. The number of phenolic OH excluding ortho intramolecular Hbond substituents is 3. The highest BCUT2D eigenvalue weighted by Crippen LogP contribution is 2.16. The molecule has 0 saturated heterocycles. The Morgan fingerprint density at radius 3 is 1.44 bits per heavy atom. The van der Waals surface area contributed by atoms with Crippen LogP contribution in [0, 0.1) is 5.92 Å². The number of benzene rings is 3. The van der Waals surface area contributed by atoms with E-state index in [1.165, 1.54) is 36.4 Å². The van der Waals surface area contributed by atoms with E-state index in [0.29, 0.717) is 23.1 Å². The Balaban J connectivity index is 1.79. The lowest BCUT2D eigenvalue weighted by atomic mass is 9.96. The molecule has 0 spiro atoms. The number of rotatable bonds is 15. The molecule has 240 valence electrons. The van der Waals surface area contributed by atoms with Crippen LogP contribution < -0.4 is 21.7 Å². The lowest BCUT2D eigenvalue weighted by Gasteiger charge is -2.28. The molecule has 0 aromatic heterocycles. The van der Waals surface area contributed by atoms with Gasteiger partial charge in [-0.1, -0.05) is 56.7 Å². The van der Waals surface area contributed by atoms with E-state index < -0.39 is 47.9 Å². The molecular weight excluding hydrogens is 580 g/mol. The van der Waals surface area contributed by atoms with Gasteiger partial charge in [-0.25, -0.2) is 4.79 Å². The average molecular weight is 621 g/mol. The van der Waals surface area contributed by atoms with Crippen LogP contribution in [0.4, 0.5) is 0 Å². The van der Waals surface area contributed by atoms with E-state index >= 15 is 0 Å². The molecule has 3 rings (SSSR count). The van der Waals surface area contributed by atoms with Crippen LogP contribution in [0.15, 0.2) is 72.8 Å². The van der Waals surface area contributed by atoms with Crippen molar-refractivity contribution >= 4 is 23.7 Å². The van der Waals surface area contributed by atoms with Gasteiger partial charge in [-0.3, -0.25) is 14.4 Å². The summed E-state index contributed by atoms with van der Waals surface area (Å²) in [7, 11) is 0. The standard InChI is InChI=1S/C33H40N4O8/c1-3-19(2)29(37-30(41)26(34)16-20-4-10-23(38)11-5-20)32(43)35-27(17-21-6-12-24(39)13-7-21)31(42)36-28(33(44)45)18-22-8-14-25(40)15-9-22/h4-15,19,26-29,38-40H,3,16-18,34H2,1-2H3,(H,35,43)(H,36,42)(H,37,41)(H,44,45). The molecule has 0 radical (unpaired) electrons. The van der Waals surface area contributed by atoms with Crippen molar-refractivity contribution in [3.05, 3.63) is 89.5 Å². The number of hydrogen-bond acceptors (Lipinski definition) is 8. The van der Waals surface area contributed by atoms with E-state index in [0.717, 1.165) is 0 Å². The fraction of sp³-hybridized carbons (Fsp3) is 0.333. The highest BCUT2D eigenvalue weighted by molar-refractivity contribution is 5.94. The number of nitrogens with two attached hydrogens (primary N) is 1. The number of carbonyl (C=O) groups is 4. The second kappa shape index (κ2) is 16.1. The maximum Gasteiger partial charge on any atom is 0.326 e. The lowest BCUT2D eigenvalue weighted by Crippen LogP contribution is -2.59. The Morgan fingerprint density at radius 1 is 0.622 bits per heavy atom. The summed E-state index contributed by atoms with van der Waals surface area (Å²) in [5, 5.41) is 46.5. The summed E-state index contributed by atoms with van der Waals surface area (Å²) >= 11 is 0. The van der Waals surface area contributed by atoms with Gasteiger partial charge in [0.2, 0.25) is 17.7 Å². The number of aliphatic carboxylic acids is 1. The first-order chi connectivity index (χ1) is 21.4. The quantitative estimate of drug-likeness (QED) is 0.124. The van der Waals surface area contributed by atoms with Crippen LogP contribution in [-0.4, -0.2) is 68.3 Å². The maximum atomic E-state index is 13.6. The van der Waals surface area contributed by atoms with Crippen LogP contribution >= 0.6 is 0 Å². The third-order valence-corrected chi connectivity index (χ3v) is 7.52. The zero-order chi connectivity index (χ0) is 33.1.